The third-order valence-corrected chi connectivity index (χ3v) is 2.93. The lowest BCUT2D eigenvalue weighted by Crippen LogP contribution is -2.22. The Balaban J connectivity index is 2.95. The van der Waals surface area contributed by atoms with Gasteiger partial charge in [0.2, 0.25) is 0 Å². The molecular formula is C15H22N2O3S. The van der Waals surface area contributed by atoms with Gasteiger partial charge in [0.05, 0.1) is 17.3 Å². The van der Waals surface area contributed by atoms with Crippen molar-refractivity contribution in [3.05, 3.63) is 18.2 Å². The van der Waals surface area contributed by atoms with Gasteiger partial charge in [-0.1, -0.05) is 33.0 Å². The highest BCUT2D eigenvalue weighted by Crippen LogP contribution is 2.30. The molecule has 116 valence electrons. The van der Waals surface area contributed by atoms with Crippen molar-refractivity contribution in [3.63, 3.8) is 0 Å². The fourth-order valence-electron chi connectivity index (χ4n) is 1.44. The summed E-state index contributed by atoms with van der Waals surface area (Å²) in [6.07, 6.45) is 0.227. The van der Waals surface area contributed by atoms with E-state index < -0.39 is 6.09 Å². The predicted octanol–water partition coefficient (Wildman–Crippen LogP) is 3.59. The molecule has 1 amide bonds. The maximum atomic E-state index is 11.3. The zero-order chi connectivity index (χ0) is 15.8. The lowest BCUT2D eigenvalue weighted by atomic mass is 10.2. The largest absolute Gasteiger partial charge is 0.491 e. The van der Waals surface area contributed by atoms with Crippen molar-refractivity contribution in [3.8, 4) is 11.5 Å². The maximum absolute atomic E-state index is 11.3. The first-order valence-electron chi connectivity index (χ1n) is 6.92. The number of ether oxygens (including phenoxy) is 2. The van der Waals surface area contributed by atoms with E-state index in [0.717, 1.165) is 17.1 Å². The summed E-state index contributed by atoms with van der Waals surface area (Å²) in [6, 6.07) is 5.16. The van der Waals surface area contributed by atoms with Crippen molar-refractivity contribution < 1.29 is 14.3 Å². The molecular weight excluding hydrogens is 288 g/mol. The maximum Gasteiger partial charge on any atom is 0.412 e. The van der Waals surface area contributed by atoms with Crippen molar-refractivity contribution in [2.75, 3.05) is 19.0 Å². The zero-order valence-electron chi connectivity index (χ0n) is 12.9. The number of hydrogen-bond acceptors (Lipinski definition) is 4. The van der Waals surface area contributed by atoms with E-state index in [9.17, 15) is 4.79 Å². The average Bonchev–Trinajstić information content (AvgIpc) is 2.46. The van der Waals surface area contributed by atoms with Crippen molar-refractivity contribution in [2.45, 2.75) is 27.2 Å². The van der Waals surface area contributed by atoms with E-state index in [4.69, 9.17) is 21.7 Å². The molecule has 0 heterocycles. The Morgan fingerprint density at radius 1 is 1.38 bits per heavy atom. The van der Waals surface area contributed by atoms with Gasteiger partial charge in [-0.15, -0.1) is 0 Å². The van der Waals surface area contributed by atoms with Gasteiger partial charge in [-0.25, -0.2) is 4.79 Å². The fourth-order valence-corrected chi connectivity index (χ4v) is 1.55. The van der Waals surface area contributed by atoms with Crippen LogP contribution in [0.5, 0.6) is 11.5 Å². The summed E-state index contributed by atoms with van der Waals surface area (Å²) in [5.74, 6) is 1.42. The molecule has 2 N–H and O–H groups in total. The first kappa shape index (κ1) is 17.2. The van der Waals surface area contributed by atoms with Crippen LogP contribution < -0.4 is 20.1 Å². The average molecular weight is 310 g/mol. The molecule has 0 fully saturated rings. The second-order valence-electron chi connectivity index (χ2n) is 4.90. The minimum Gasteiger partial charge on any atom is -0.491 e. The molecule has 1 aromatic rings. The summed E-state index contributed by atoms with van der Waals surface area (Å²) < 4.78 is 10.9. The third-order valence-electron chi connectivity index (χ3n) is 2.54. The molecule has 0 aliphatic heterocycles. The minimum absolute atomic E-state index is 0.388. The van der Waals surface area contributed by atoms with E-state index in [1.807, 2.05) is 6.92 Å². The molecule has 0 saturated carbocycles. The smallest absolute Gasteiger partial charge is 0.412 e. The number of anilines is 1. The van der Waals surface area contributed by atoms with Gasteiger partial charge in [0, 0.05) is 13.1 Å². The van der Waals surface area contributed by atoms with Crippen LogP contribution in [0.15, 0.2) is 18.2 Å². The third kappa shape index (κ3) is 5.99. The Morgan fingerprint density at radius 2 is 2.10 bits per heavy atom. The second-order valence-corrected chi connectivity index (χ2v) is 5.40. The molecule has 5 nitrogen and oxygen atoms in total. The van der Waals surface area contributed by atoms with Crippen LogP contribution in [0.25, 0.3) is 0 Å². The lowest BCUT2D eigenvalue weighted by Gasteiger charge is -2.16. The Bertz CT molecular complexity index is 504. The van der Waals surface area contributed by atoms with Gasteiger partial charge in [-0.05, 0) is 24.5 Å². The van der Waals surface area contributed by atoms with Crippen molar-refractivity contribution in [1.29, 1.82) is 0 Å². The summed E-state index contributed by atoms with van der Waals surface area (Å²) in [5.41, 5.74) is 0.770. The van der Waals surface area contributed by atoms with Crippen LogP contribution in [0.1, 0.15) is 27.2 Å². The molecule has 1 aromatic carbocycles. The van der Waals surface area contributed by atoms with Gasteiger partial charge >= 0.3 is 6.09 Å². The Kier molecular flexibility index (Phi) is 6.94. The van der Waals surface area contributed by atoms with Gasteiger partial charge in [-0.2, -0.15) is 0 Å². The second kappa shape index (κ2) is 8.46. The van der Waals surface area contributed by atoms with Crippen LogP contribution in [0.2, 0.25) is 0 Å². The van der Waals surface area contributed by atoms with Gasteiger partial charge in [0.25, 0.3) is 0 Å². The van der Waals surface area contributed by atoms with Gasteiger partial charge in [-0.3, -0.25) is 0 Å². The van der Waals surface area contributed by atoms with Gasteiger partial charge in [0.1, 0.15) is 11.5 Å². The molecule has 0 radical (unpaired) electrons. The fraction of sp³-hybridized carbons (Fsp3) is 0.467. The zero-order valence-corrected chi connectivity index (χ0v) is 13.7. The SMILES string of the molecule is CCC(=S)Nc1ccc(OC(=O)NC)cc1OCC(C)C. The van der Waals surface area contributed by atoms with Crippen LogP contribution in [-0.2, 0) is 0 Å². The van der Waals surface area contributed by atoms with E-state index in [2.05, 4.69) is 24.5 Å². The quantitative estimate of drug-likeness (QED) is 0.786. The highest BCUT2D eigenvalue weighted by Gasteiger charge is 2.10. The molecule has 0 saturated heterocycles. The molecule has 0 spiro atoms. The Morgan fingerprint density at radius 3 is 2.67 bits per heavy atom. The number of amides is 1. The molecule has 0 bridgehead atoms. The van der Waals surface area contributed by atoms with Gasteiger partial charge < -0.3 is 20.1 Å². The highest BCUT2D eigenvalue weighted by molar-refractivity contribution is 7.80. The van der Waals surface area contributed by atoms with E-state index >= 15 is 0 Å². The lowest BCUT2D eigenvalue weighted by molar-refractivity contribution is 0.202. The van der Waals surface area contributed by atoms with Crippen molar-refractivity contribution in [2.24, 2.45) is 5.92 Å². The molecule has 0 aliphatic rings. The van der Waals surface area contributed by atoms with E-state index in [1.165, 1.54) is 7.05 Å². The molecule has 0 aromatic heterocycles. The summed E-state index contributed by atoms with van der Waals surface area (Å²) in [4.78, 5) is 12.0. The number of carbonyl (C=O) groups is 1. The topological polar surface area (TPSA) is 59.6 Å². The van der Waals surface area contributed by atoms with Crippen LogP contribution >= 0.6 is 12.2 Å². The minimum atomic E-state index is -0.519. The first-order valence-corrected chi connectivity index (χ1v) is 7.33. The number of hydrogen-bond donors (Lipinski definition) is 2. The number of nitrogens with one attached hydrogen (secondary N) is 2. The molecule has 21 heavy (non-hydrogen) atoms. The summed E-state index contributed by atoms with van der Waals surface area (Å²) in [5, 5.41) is 5.53. The van der Waals surface area contributed by atoms with E-state index in [0.29, 0.717) is 24.0 Å². The summed E-state index contributed by atoms with van der Waals surface area (Å²) in [6.45, 7) is 6.67. The summed E-state index contributed by atoms with van der Waals surface area (Å²) >= 11 is 5.19. The Labute approximate surface area is 131 Å². The number of benzene rings is 1. The van der Waals surface area contributed by atoms with Crippen LogP contribution in [0, 0.1) is 5.92 Å². The molecule has 0 atom stereocenters. The monoisotopic (exact) mass is 310 g/mol. The predicted molar refractivity (Wildman–Crippen MR) is 88.4 cm³/mol. The highest BCUT2D eigenvalue weighted by atomic mass is 32.1. The first-order chi connectivity index (χ1) is 9.96. The summed E-state index contributed by atoms with van der Waals surface area (Å²) in [7, 11) is 1.51. The standard InChI is InChI=1S/C15H22N2O3S/c1-5-14(21)17-12-7-6-11(20-15(18)16-4)8-13(12)19-9-10(2)3/h6-8,10H,5,9H2,1-4H3,(H,16,18)(H,17,21). The normalized spacial score (nSPS) is 10.1. The number of rotatable bonds is 6. The van der Waals surface area contributed by atoms with Crippen molar-refractivity contribution >= 4 is 29.0 Å². The van der Waals surface area contributed by atoms with Gasteiger partial charge in [0.15, 0.2) is 0 Å². The molecule has 0 aliphatic carbocycles. The van der Waals surface area contributed by atoms with Crippen LogP contribution in [0.4, 0.5) is 10.5 Å². The molecule has 6 heteroatoms. The van der Waals surface area contributed by atoms with Crippen molar-refractivity contribution in [1.82, 2.24) is 5.32 Å². The molecule has 0 unspecified atom stereocenters. The van der Waals surface area contributed by atoms with Crippen LogP contribution in [-0.4, -0.2) is 24.7 Å². The van der Waals surface area contributed by atoms with E-state index in [-0.39, 0.29) is 0 Å². The Hall–Kier alpha value is -1.82. The van der Waals surface area contributed by atoms with Crippen LogP contribution in [0.3, 0.4) is 0 Å². The molecule has 1 rings (SSSR count). The number of carbonyl (C=O) groups excluding carboxylic acids is 1. The number of thiocarbonyl (C=S) groups is 1. The van der Waals surface area contributed by atoms with E-state index in [1.54, 1.807) is 18.2 Å².